The molecule has 0 atom stereocenters. The largest absolute Gasteiger partial charge is 0.495 e. The van der Waals surface area contributed by atoms with Crippen LogP contribution in [0.25, 0.3) is 0 Å². The fraction of sp³-hybridized carbons (Fsp3) is 0.0588. The molecule has 0 spiro atoms. The van der Waals surface area contributed by atoms with Crippen molar-refractivity contribution in [3.05, 3.63) is 64.9 Å². The van der Waals surface area contributed by atoms with Crippen molar-refractivity contribution in [2.45, 2.75) is 0 Å². The molecule has 0 aliphatic rings. The van der Waals surface area contributed by atoms with Crippen LogP contribution in [-0.4, -0.2) is 17.1 Å². The third kappa shape index (κ3) is 4.07. The van der Waals surface area contributed by atoms with Gasteiger partial charge in [0.2, 0.25) is 0 Å². The summed E-state index contributed by atoms with van der Waals surface area (Å²) >= 11 is 12.0. The summed E-state index contributed by atoms with van der Waals surface area (Å²) < 4.78 is 5.32. The first-order valence-corrected chi connectivity index (χ1v) is 7.85. The molecule has 0 fully saturated rings. The first-order chi connectivity index (χ1) is 11.6. The van der Waals surface area contributed by atoms with Gasteiger partial charge in [-0.1, -0.05) is 29.3 Å². The molecule has 0 saturated heterocycles. The first-order valence-electron chi connectivity index (χ1n) is 7.09. The molecule has 122 valence electrons. The van der Waals surface area contributed by atoms with E-state index in [1.165, 1.54) is 6.33 Å². The molecule has 5 nitrogen and oxygen atoms in total. The smallest absolute Gasteiger partial charge is 0.142 e. The van der Waals surface area contributed by atoms with Crippen LogP contribution in [0.5, 0.6) is 5.75 Å². The summed E-state index contributed by atoms with van der Waals surface area (Å²) in [7, 11) is 1.60. The Labute approximate surface area is 149 Å². The first kappa shape index (κ1) is 16.4. The molecule has 3 aromatic rings. The SMILES string of the molecule is COc1ccc(Cl)cc1Nc1cc(Nc2cccc(Cl)c2)ncn1. The molecule has 0 bridgehead atoms. The number of anilines is 4. The molecular formula is C17H14Cl2N4O. The monoisotopic (exact) mass is 360 g/mol. The quantitative estimate of drug-likeness (QED) is 0.648. The fourth-order valence-electron chi connectivity index (χ4n) is 2.12. The zero-order valence-corrected chi connectivity index (χ0v) is 14.3. The van der Waals surface area contributed by atoms with Gasteiger partial charge in [-0.25, -0.2) is 9.97 Å². The van der Waals surface area contributed by atoms with Crippen LogP contribution in [0.15, 0.2) is 54.9 Å². The van der Waals surface area contributed by atoms with E-state index in [4.69, 9.17) is 27.9 Å². The van der Waals surface area contributed by atoms with E-state index in [1.54, 1.807) is 31.4 Å². The topological polar surface area (TPSA) is 59.1 Å². The molecule has 7 heteroatoms. The van der Waals surface area contributed by atoms with Crippen molar-refractivity contribution in [2.24, 2.45) is 0 Å². The van der Waals surface area contributed by atoms with Gasteiger partial charge < -0.3 is 15.4 Å². The highest BCUT2D eigenvalue weighted by Gasteiger charge is 2.06. The lowest BCUT2D eigenvalue weighted by atomic mass is 10.3. The van der Waals surface area contributed by atoms with Crippen LogP contribution in [-0.2, 0) is 0 Å². The minimum Gasteiger partial charge on any atom is -0.495 e. The predicted octanol–water partition coefficient (Wildman–Crippen LogP) is 5.28. The Kier molecular flexibility index (Phi) is 5.03. The van der Waals surface area contributed by atoms with Gasteiger partial charge in [0.05, 0.1) is 12.8 Å². The van der Waals surface area contributed by atoms with Crippen LogP contribution < -0.4 is 15.4 Å². The van der Waals surface area contributed by atoms with Gasteiger partial charge in [0.15, 0.2) is 0 Å². The Hall–Kier alpha value is -2.50. The maximum atomic E-state index is 6.04. The number of rotatable bonds is 5. The molecule has 0 saturated carbocycles. The van der Waals surface area contributed by atoms with Crippen LogP contribution in [0.4, 0.5) is 23.0 Å². The number of nitrogens with zero attached hydrogens (tertiary/aromatic N) is 2. The number of hydrogen-bond acceptors (Lipinski definition) is 5. The maximum absolute atomic E-state index is 6.04. The molecule has 2 aromatic carbocycles. The van der Waals surface area contributed by atoms with E-state index < -0.39 is 0 Å². The number of methoxy groups -OCH3 is 1. The van der Waals surface area contributed by atoms with Gasteiger partial charge >= 0.3 is 0 Å². The van der Waals surface area contributed by atoms with Crippen molar-refractivity contribution < 1.29 is 4.74 Å². The fourth-order valence-corrected chi connectivity index (χ4v) is 2.49. The highest BCUT2D eigenvalue weighted by Crippen LogP contribution is 2.30. The van der Waals surface area contributed by atoms with Crippen LogP contribution in [0.1, 0.15) is 0 Å². The van der Waals surface area contributed by atoms with E-state index in [-0.39, 0.29) is 0 Å². The van der Waals surface area contributed by atoms with Crippen molar-refractivity contribution in [1.82, 2.24) is 9.97 Å². The van der Waals surface area contributed by atoms with Crippen LogP contribution >= 0.6 is 23.2 Å². The van der Waals surface area contributed by atoms with Gasteiger partial charge in [0.1, 0.15) is 23.7 Å². The summed E-state index contributed by atoms with van der Waals surface area (Å²) in [5.41, 5.74) is 1.56. The normalized spacial score (nSPS) is 10.3. The molecule has 3 rings (SSSR count). The molecule has 0 aliphatic heterocycles. The van der Waals surface area contributed by atoms with Crippen LogP contribution in [0.2, 0.25) is 10.0 Å². The summed E-state index contributed by atoms with van der Waals surface area (Å²) in [6.45, 7) is 0. The average Bonchev–Trinajstić information content (AvgIpc) is 2.55. The number of hydrogen-bond donors (Lipinski definition) is 2. The molecule has 1 aromatic heterocycles. The second-order valence-corrected chi connectivity index (χ2v) is 5.77. The predicted molar refractivity (Wildman–Crippen MR) is 98.1 cm³/mol. The third-order valence-electron chi connectivity index (χ3n) is 3.19. The summed E-state index contributed by atoms with van der Waals surface area (Å²) in [6.07, 6.45) is 1.46. The molecule has 24 heavy (non-hydrogen) atoms. The maximum Gasteiger partial charge on any atom is 0.142 e. The average molecular weight is 361 g/mol. The molecule has 0 aliphatic carbocycles. The van der Waals surface area contributed by atoms with Crippen molar-refractivity contribution >= 4 is 46.2 Å². The van der Waals surface area contributed by atoms with Crippen molar-refractivity contribution in [2.75, 3.05) is 17.7 Å². The summed E-state index contributed by atoms with van der Waals surface area (Å²) in [5.74, 6) is 1.91. The van der Waals surface area contributed by atoms with E-state index in [1.807, 2.05) is 24.3 Å². The van der Waals surface area contributed by atoms with Gasteiger partial charge in [0.25, 0.3) is 0 Å². The van der Waals surface area contributed by atoms with E-state index in [0.29, 0.717) is 27.4 Å². The van der Waals surface area contributed by atoms with E-state index in [2.05, 4.69) is 20.6 Å². The summed E-state index contributed by atoms with van der Waals surface area (Å²) in [6, 6.07) is 14.5. The molecule has 0 unspecified atom stereocenters. The minimum absolute atomic E-state index is 0.602. The van der Waals surface area contributed by atoms with Gasteiger partial charge in [0, 0.05) is 21.8 Å². The molecular weight excluding hydrogens is 347 g/mol. The Balaban J connectivity index is 1.82. The van der Waals surface area contributed by atoms with Crippen molar-refractivity contribution in [3.63, 3.8) is 0 Å². The van der Waals surface area contributed by atoms with Crippen LogP contribution in [0.3, 0.4) is 0 Å². The Bertz CT molecular complexity index is 857. The number of halogens is 2. The Morgan fingerprint density at radius 3 is 2.38 bits per heavy atom. The number of aromatic nitrogens is 2. The Morgan fingerprint density at radius 2 is 1.62 bits per heavy atom. The number of ether oxygens (including phenoxy) is 1. The highest BCUT2D eigenvalue weighted by atomic mass is 35.5. The molecule has 0 radical (unpaired) electrons. The molecule has 0 amide bonds. The van der Waals surface area contributed by atoms with E-state index in [0.717, 1.165) is 11.4 Å². The van der Waals surface area contributed by atoms with E-state index in [9.17, 15) is 0 Å². The lowest BCUT2D eigenvalue weighted by molar-refractivity contribution is 0.417. The van der Waals surface area contributed by atoms with Gasteiger partial charge in [-0.15, -0.1) is 0 Å². The Morgan fingerprint density at radius 1 is 0.875 bits per heavy atom. The minimum atomic E-state index is 0.602. The van der Waals surface area contributed by atoms with Crippen molar-refractivity contribution in [1.29, 1.82) is 0 Å². The lowest BCUT2D eigenvalue weighted by Gasteiger charge is -2.12. The summed E-state index contributed by atoms with van der Waals surface area (Å²) in [4.78, 5) is 8.42. The van der Waals surface area contributed by atoms with Crippen LogP contribution in [0, 0.1) is 0 Å². The molecule has 2 N–H and O–H groups in total. The third-order valence-corrected chi connectivity index (χ3v) is 3.66. The van der Waals surface area contributed by atoms with Crippen molar-refractivity contribution in [3.8, 4) is 5.75 Å². The van der Waals surface area contributed by atoms with Gasteiger partial charge in [-0.05, 0) is 36.4 Å². The standard InChI is InChI=1S/C17H14Cl2N4O/c1-24-15-6-5-12(19)8-14(15)23-17-9-16(20-10-21-17)22-13-4-2-3-11(18)7-13/h2-10H,1H3,(H2,20,21,22,23). The highest BCUT2D eigenvalue weighted by molar-refractivity contribution is 6.31. The zero-order chi connectivity index (χ0) is 16.9. The molecule has 1 heterocycles. The second-order valence-electron chi connectivity index (χ2n) is 4.89. The lowest BCUT2D eigenvalue weighted by Crippen LogP contribution is -2.00. The number of nitrogens with one attached hydrogen (secondary N) is 2. The zero-order valence-electron chi connectivity index (χ0n) is 12.8. The number of benzene rings is 2. The van der Waals surface area contributed by atoms with E-state index >= 15 is 0 Å². The van der Waals surface area contributed by atoms with Gasteiger partial charge in [-0.3, -0.25) is 0 Å². The summed E-state index contributed by atoms with van der Waals surface area (Å²) in [5, 5.41) is 7.60. The van der Waals surface area contributed by atoms with Gasteiger partial charge in [-0.2, -0.15) is 0 Å². The second kappa shape index (κ2) is 7.38.